The summed E-state index contributed by atoms with van der Waals surface area (Å²) in [6.45, 7) is 4.16. The molecule has 0 bridgehead atoms. The Morgan fingerprint density at radius 2 is 1.88 bits per heavy atom. The lowest BCUT2D eigenvalue weighted by molar-refractivity contribution is -0.137. The standard InChI is InChI=1S/C31H30F3N5O4/c1-2-16-30(29(41)36-19-21-8-12-24(13-9-21)31(32,33)34)27(26-7-4-3-6-23(26)20-37-39-35)43-28(38-30)22-10-14-25(15-11-22)42-18-5-17-40/h2-4,6-15,27,40H,1,5,16-20H2,(H,36,41)/t27-,30-/m1/s1. The highest BCUT2D eigenvalue weighted by Gasteiger charge is 2.52. The van der Waals surface area contributed by atoms with Crippen LogP contribution >= 0.6 is 0 Å². The Morgan fingerprint density at radius 1 is 1.16 bits per heavy atom. The van der Waals surface area contributed by atoms with Gasteiger partial charge in [0.05, 0.1) is 18.7 Å². The normalized spacial score (nSPS) is 17.8. The van der Waals surface area contributed by atoms with Crippen LogP contribution in [-0.4, -0.2) is 35.7 Å². The molecule has 1 amide bonds. The first kappa shape index (κ1) is 31.1. The highest BCUT2D eigenvalue weighted by molar-refractivity contribution is 6.01. The molecule has 4 rings (SSSR count). The average Bonchev–Trinajstić information content (AvgIpc) is 3.39. The molecule has 0 saturated carbocycles. The van der Waals surface area contributed by atoms with Crippen LogP contribution in [-0.2, 0) is 28.8 Å². The molecule has 3 aromatic rings. The number of alkyl halides is 3. The molecule has 0 radical (unpaired) electrons. The number of rotatable bonds is 13. The fourth-order valence-electron chi connectivity index (χ4n) is 4.70. The second kappa shape index (κ2) is 13.9. The van der Waals surface area contributed by atoms with Gasteiger partial charge in [-0.25, -0.2) is 4.99 Å². The largest absolute Gasteiger partial charge is 0.494 e. The van der Waals surface area contributed by atoms with Crippen molar-refractivity contribution in [2.75, 3.05) is 13.2 Å². The highest BCUT2D eigenvalue weighted by Crippen LogP contribution is 2.44. The first-order chi connectivity index (χ1) is 20.7. The number of azide groups is 1. The number of nitrogens with zero attached hydrogens (tertiary/aromatic N) is 4. The Kier molecular flexibility index (Phi) is 10.1. The van der Waals surface area contributed by atoms with E-state index in [0.717, 1.165) is 12.1 Å². The number of aliphatic hydroxyl groups is 1. The summed E-state index contributed by atoms with van der Waals surface area (Å²) >= 11 is 0. The Hall–Kier alpha value is -4.80. The van der Waals surface area contributed by atoms with Crippen molar-refractivity contribution in [2.45, 2.75) is 43.8 Å². The molecule has 2 N–H and O–H groups in total. The number of aliphatic imine (C=N–C) groups is 1. The average molecular weight is 594 g/mol. The Morgan fingerprint density at radius 3 is 2.53 bits per heavy atom. The van der Waals surface area contributed by atoms with Crippen LogP contribution < -0.4 is 10.1 Å². The van der Waals surface area contributed by atoms with Gasteiger partial charge in [0.15, 0.2) is 11.6 Å². The van der Waals surface area contributed by atoms with Crippen LogP contribution in [0.15, 0.2) is 95.6 Å². The predicted molar refractivity (Wildman–Crippen MR) is 154 cm³/mol. The number of aliphatic hydroxyl groups excluding tert-OH is 1. The fourth-order valence-corrected chi connectivity index (χ4v) is 4.70. The van der Waals surface area contributed by atoms with Gasteiger partial charge >= 0.3 is 6.18 Å². The SMILES string of the molecule is C=CC[C@@]1(C(=O)NCc2ccc(C(F)(F)F)cc2)N=C(c2ccc(OCCCO)cc2)O[C@@H]1c1ccccc1CN=[N+]=[N-]. The summed E-state index contributed by atoms with van der Waals surface area (Å²) in [6, 6.07) is 18.5. The van der Waals surface area contributed by atoms with Crippen LogP contribution in [0.25, 0.3) is 10.4 Å². The van der Waals surface area contributed by atoms with E-state index in [2.05, 4.69) is 21.9 Å². The summed E-state index contributed by atoms with van der Waals surface area (Å²) in [5, 5.41) is 15.5. The third-order valence-corrected chi connectivity index (χ3v) is 6.86. The number of benzene rings is 3. The smallest absolute Gasteiger partial charge is 0.416 e. The second-order valence-electron chi connectivity index (χ2n) is 9.75. The fraction of sp³-hybridized carbons (Fsp3) is 0.290. The summed E-state index contributed by atoms with van der Waals surface area (Å²) in [4.78, 5) is 21.7. The van der Waals surface area contributed by atoms with Crippen LogP contribution in [0.1, 0.15) is 46.8 Å². The maximum Gasteiger partial charge on any atom is 0.416 e. The Balaban J connectivity index is 1.69. The zero-order valence-corrected chi connectivity index (χ0v) is 23.1. The van der Waals surface area contributed by atoms with Crippen LogP contribution in [0.4, 0.5) is 13.2 Å². The molecule has 1 aliphatic heterocycles. The maximum absolute atomic E-state index is 14.0. The summed E-state index contributed by atoms with van der Waals surface area (Å²) in [6.07, 6.45) is -3.31. The molecule has 43 heavy (non-hydrogen) atoms. The van der Waals surface area contributed by atoms with Gasteiger partial charge in [-0.15, -0.1) is 6.58 Å². The van der Waals surface area contributed by atoms with Crippen LogP contribution in [0.3, 0.4) is 0 Å². The van der Waals surface area contributed by atoms with Crippen LogP contribution in [0.5, 0.6) is 5.75 Å². The summed E-state index contributed by atoms with van der Waals surface area (Å²) in [5.74, 6) is 0.255. The number of carbonyl (C=O) groups excluding carboxylic acids is 1. The summed E-state index contributed by atoms with van der Waals surface area (Å²) in [7, 11) is 0. The van der Waals surface area contributed by atoms with Crippen molar-refractivity contribution in [1.82, 2.24) is 5.32 Å². The van der Waals surface area contributed by atoms with Crippen molar-refractivity contribution < 1.29 is 32.5 Å². The van der Waals surface area contributed by atoms with Crippen molar-refractivity contribution in [1.29, 1.82) is 0 Å². The molecule has 1 aliphatic rings. The third kappa shape index (κ3) is 7.35. The van der Waals surface area contributed by atoms with Gasteiger partial charge in [-0.3, -0.25) is 4.79 Å². The molecule has 0 saturated heterocycles. The van der Waals surface area contributed by atoms with Gasteiger partial charge in [-0.05, 0) is 58.6 Å². The van der Waals surface area contributed by atoms with E-state index >= 15 is 0 Å². The summed E-state index contributed by atoms with van der Waals surface area (Å²) < 4.78 is 51.0. The molecule has 12 heteroatoms. The molecule has 0 aromatic heterocycles. The number of nitrogens with one attached hydrogen (secondary N) is 1. The lowest BCUT2D eigenvalue weighted by Crippen LogP contribution is -2.48. The van der Waals surface area contributed by atoms with E-state index in [1.54, 1.807) is 54.6 Å². The van der Waals surface area contributed by atoms with Gasteiger partial charge in [0.25, 0.3) is 5.91 Å². The predicted octanol–water partition coefficient (Wildman–Crippen LogP) is 6.43. The number of halogens is 3. The number of amides is 1. The molecule has 0 aliphatic carbocycles. The van der Waals surface area contributed by atoms with Gasteiger partial charge in [0.1, 0.15) is 5.75 Å². The first-order valence-electron chi connectivity index (χ1n) is 13.5. The van der Waals surface area contributed by atoms with Crippen LogP contribution in [0, 0.1) is 0 Å². The molecular weight excluding hydrogens is 563 g/mol. The summed E-state index contributed by atoms with van der Waals surface area (Å²) in [5.41, 5.74) is 8.87. The Labute approximate surface area is 246 Å². The van der Waals surface area contributed by atoms with E-state index in [-0.39, 0.29) is 32.0 Å². The lowest BCUT2D eigenvalue weighted by atomic mass is 9.82. The van der Waals surface area contributed by atoms with Crippen molar-refractivity contribution >= 4 is 11.8 Å². The lowest BCUT2D eigenvalue weighted by Gasteiger charge is -2.30. The topological polar surface area (TPSA) is 129 Å². The van der Waals surface area contributed by atoms with E-state index in [9.17, 15) is 18.0 Å². The van der Waals surface area contributed by atoms with Crippen molar-refractivity contribution in [2.24, 2.45) is 10.1 Å². The molecule has 3 aromatic carbocycles. The Bertz CT molecular complexity index is 1500. The molecule has 1 heterocycles. The molecule has 2 atom stereocenters. The zero-order chi connectivity index (χ0) is 30.9. The molecule has 0 fully saturated rings. The highest BCUT2D eigenvalue weighted by atomic mass is 19.4. The number of hydrogen-bond acceptors (Lipinski definition) is 6. The van der Waals surface area contributed by atoms with Crippen molar-refractivity contribution in [3.8, 4) is 5.75 Å². The number of carbonyl (C=O) groups is 1. The molecule has 9 nitrogen and oxygen atoms in total. The molecular formula is C31H30F3N5O4. The van der Waals surface area contributed by atoms with Gasteiger partial charge in [0.2, 0.25) is 5.90 Å². The van der Waals surface area contributed by atoms with E-state index in [4.69, 9.17) is 25.1 Å². The van der Waals surface area contributed by atoms with Gasteiger partial charge in [-0.1, -0.05) is 47.6 Å². The van der Waals surface area contributed by atoms with Gasteiger partial charge in [0, 0.05) is 36.5 Å². The second-order valence-corrected chi connectivity index (χ2v) is 9.75. The number of hydrogen-bond donors (Lipinski definition) is 2. The minimum atomic E-state index is -4.47. The molecule has 0 unspecified atom stereocenters. The van der Waals surface area contributed by atoms with E-state index in [1.807, 2.05) is 0 Å². The quantitative estimate of drug-likeness (QED) is 0.0778. The molecule has 0 spiro atoms. The zero-order valence-electron chi connectivity index (χ0n) is 23.1. The minimum absolute atomic E-state index is 0.0115. The first-order valence-corrected chi connectivity index (χ1v) is 13.5. The third-order valence-electron chi connectivity index (χ3n) is 6.86. The van der Waals surface area contributed by atoms with Gasteiger partial charge in [-0.2, -0.15) is 13.2 Å². The minimum Gasteiger partial charge on any atom is -0.494 e. The van der Waals surface area contributed by atoms with E-state index < -0.39 is 29.3 Å². The van der Waals surface area contributed by atoms with Crippen molar-refractivity contribution in [3.05, 3.63) is 124 Å². The van der Waals surface area contributed by atoms with Crippen molar-refractivity contribution in [3.63, 3.8) is 0 Å². The number of ether oxygens (including phenoxy) is 2. The van der Waals surface area contributed by atoms with Crippen LogP contribution in [0.2, 0.25) is 0 Å². The maximum atomic E-state index is 14.0. The monoisotopic (exact) mass is 593 g/mol. The van der Waals surface area contributed by atoms with Gasteiger partial charge < -0.3 is 19.9 Å². The van der Waals surface area contributed by atoms with E-state index in [0.29, 0.717) is 41.0 Å². The van der Waals surface area contributed by atoms with E-state index in [1.165, 1.54) is 12.1 Å². The molecule has 224 valence electrons.